The van der Waals surface area contributed by atoms with Gasteiger partial charge in [0.05, 0.1) is 12.1 Å². The van der Waals surface area contributed by atoms with E-state index < -0.39 is 25.8 Å². The van der Waals surface area contributed by atoms with Gasteiger partial charge < -0.3 is 18.9 Å². The first kappa shape index (κ1) is 22.1. The Morgan fingerprint density at radius 3 is 2.20 bits per heavy atom. The van der Waals surface area contributed by atoms with E-state index in [1.807, 2.05) is 60.7 Å². The van der Waals surface area contributed by atoms with E-state index in [0.717, 1.165) is 11.1 Å². The molecule has 0 fully saturated rings. The third kappa shape index (κ3) is 4.43. The molecule has 3 rings (SSSR count). The van der Waals surface area contributed by atoms with E-state index in [0.29, 0.717) is 0 Å². The second-order valence-electron chi connectivity index (χ2n) is 6.95. The lowest BCUT2D eigenvalue weighted by molar-refractivity contribution is 0.0609. The second kappa shape index (κ2) is 9.47. The van der Waals surface area contributed by atoms with Crippen LogP contribution >= 0.6 is 7.60 Å². The highest BCUT2D eigenvalue weighted by Gasteiger charge is 2.46. The number of ether oxygens (including phenoxy) is 1. The van der Waals surface area contributed by atoms with Crippen molar-refractivity contribution in [1.29, 1.82) is 0 Å². The van der Waals surface area contributed by atoms with Gasteiger partial charge in [-0.1, -0.05) is 60.7 Å². The molecule has 2 aromatic rings. The maximum Gasteiger partial charge on any atom is 0.411 e. The molecule has 1 amide bonds. The minimum Gasteiger partial charge on any atom is -0.512 e. The van der Waals surface area contributed by atoms with Crippen LogP contribution in [0.1, 0.15) is 30.5 Å². The molecule has 160 valence electrons. The summed E-state index contributed by atoms with van der Waals surface area (Å²) in [6, 6.07) is 17.4. The van der Waals surface area contributed by atoms with E-state index in [1.165, 1.54) is 19.1 Å². The van der Waals surface area contributed by atoms with Crippen molar-refractivity contribution in [3.63, 3.8) is 0 Å². The van der Waals surface area contributed by atoms with E-state index in [4.69, 9.17) is 13.8 Å². The molecule has 0 aromatic heterocycles. The average molecular weight is 431 g/mol. The molecule has 0 saturated heterocycles. The van der Waals surface area contributed by atoms with Gasteiger partial charge in [0, 0.05) is 20.6 Å². The van der Waals surface area contributed by atoms with Gasteiger partial charge in [-0.25, -0.2) is 4.79 Å². The lowest BCUT2D eigenvalue weighted by atomic mass is 9.95. The number of hydrogen-bond donors (Lipinski definition) is 1. The number of amides is 1. The summed E-state index contributed by atoms with van der Waals surface area (Å²) in [6.07, 6.45) is -0.509. The molecule has 1 aliphatic rings. The topological polar surface area (TPSA) is 85.3 Å². The Kier molecular flexibility index (Phi) is 6.98. The monoisotopic (exact) mass is 431 g/mol. The first-order chi connectivity index (χ1) is 14.4. The summed E-state index contributed by atoms with van der Waals surface area (Å²) in [4.78, 5) is 14.6. The molecular weight excluding hydrogens is 405 g/mol. The lowest BCUT2D eigenvalue weighted by Crippen LogP contribution is -2.46. The fourth-order valence-electron chi connectivity index (χ4n) is 3.72. The number of rotatable bonds is 6. The van der Waals surface area contributed by atoms with Crippen LogP contribution in [0.4, 0.5) is 4.79 Å². The van der Waals surface area contributed by atoms with Gasteiger partial charge in [-0.15, -0.1) is 0 Å². The molecule has 0 spiro atoms. The zero-order chi connectivity index (χ0) is 21.7. The molecular formula is C22H26NO6P. The minimum absolute atomic E-state index is 0.0661. The van der Waals surface area contributed by atoms with Crippen LogP contribution in [0.15, 0.2) is 71.7 Å². The van der Waals surface area contributed by atoms with Gasteiger partial charge in [-0.2, -0.15) is 0 Å². The highest BCUT2D eigenvalue weighted by molar-refractivity contribution is 7.58. The number of benzene rings is 2. The van der Waals surface area contributed by atoms with Crippen molar-refractivity contribution >= 4 is 13.7 Å². The van der Waals surface area contributed by atoms with Crippen LogP contribution in [-0.4, -0.2) is 36.4 Å². The van der Waals surface area contributed by atoms with Crippen LogP contribution in [0.2, 0.25) is 0 Å². The molecule has 1 heterocycles. The standard InChI is InChI=1S/C22H26NO6P/c1-16-21(30(26,27-2)28-3)20(24)14-19(18-12-8-5-9-13-18)23(16)22(25)29-15-17-10-6-4-7-11-17/h4-13,16,19,24H,14-15H2,1-3H3/t16-,19+/m0/s1. The molecule has 0 radical (unpaired) electrons. The van der Waals surface area contributed by atoms with Crippen LogP contribution in [0.5, 0.6) is 0 Å². The highest BCUT2D eigenvalue weighted by Crippen LogP contribution is 2.60. The van der Waals surface area contributed by atoms with Crippen LogP contribution in [-0.2, 0) is 25.0 Å². The van der Waals surface area contributed by atoms with E-state index in [1.54, 1.807) is 6.92 Å². The van der Waals surface area contributed by atoms with Gasteiger partial charge in [0.1, 0.15) is 17.7 Å². The van der Waals surface area contributed by atoms with Crippen LogP contribution in [0.25, 0.3) is 0 Å². The van der Waals surface area contributed by atoms with E-state index in [-0.39, 0.29) is 24.1 Å². The van der Waals surface area contributed by atoms with Crippen LogP contribution in [0.3, 0.4) is 0 Å². The normalized spacial score (nSPS) is 19.6. The van der Waals surface area contributed by atoms with Crippen molar-refractivity contribution in [2.45, 2.75) is 32.0 Å². The van der Waals surface area contributed by atoms with Gasteiger partial charge in [-0.3, -0.25) is 9.46 Å². The summed E-state index contributed by atoms with van der Waals surface area (Å²) < 4.78 is 28.8. The van der Waals surface area contributed by atoms with Crippen molar-refractivity contribution in [2.24, 2.45) is 0 Å². The Labute approximate surface area is 176 Å². The third-order valence-corrected chi connectivity index (χ3v) is 7.39. The summed E-state index contributed by atoms with van der Waals surface area (Å²) in [5.74, 6) is -0.101. The number of aliphatic hydroxyl groups excluding tert-OH is 1. The summed E-state index contributed by atoms with van der Waals surface area (Å²) >= 11 is 0. The predicted octanol–water partition coefficient (Wildman–Crippen LogP) is 5.41. The Balaban J connectivity index is 1.96. The first-order valence-electron chi connectivity index (χ1n) is 9.59. The average Bonchev–Trinajstić information content (AvgIpc) is 2.78. The first-order valence-corrected chi connectivity index (χ1v) is 11.1. The fourth-order valence-corrected chi connectivity index (χ4v) is 5.25. The summed E-state index contributed by atoms with van der Waals surface area (Å²) in [5.41, 5.74) is 1.68. The second-order valence-corrected chi connectivity index (χ2v) is 9.16. The van der Waals surface area contributed by atoms with Gasteiger partial charge in [0.2, 0.25) is 0 Å². The SMILES string of the molecule is COP(=O)(OC)C1=C(O)C[C@H](c2ccccc2)N(C(=O)OCc2ccccc2)[C@H]1C. The number of nitrogens with zero attached hydrogens (tertiary/aromatic N) is 1. The number of carbonyl (C=O) groups excluding carboxylic acids is 1. The van der Waals surface area contributed by atoms with Crippen LogP contribution in [0, 0.1) is 0 Å². The van der Waals surface area contributed by atoms with Gasteiger partial charge in [0.25, 0.3) is 0 Å². The van der Waals surface area contributed by atoms with Gasteiger partial charge in [0.15, 0.2) is 0 Å². The lowest BCUT2D eigenvalue weighted by Gasteiger charge is -2.41. The van der Waals surface area contributed by atoms with Crippen molar-refractivity contribution < 1.29 is 28.3 Å². The van der Waals surface area contributed by atoms with E-state index in [9.17, 15) is 14.5 Å². The molecule has 8 heteroatoms. The zero-order valence-corrected chi connectivity index (χ0v) is 18.1. The molecule has 30 heavy (non-hydrogen) atoms. The molecule has 7 nitrogen and oxygen atoms in total. The molecule has 2 aromatic carbocycles. The van der Waals surface area contributed by atoms with Crippen molar-refractivity contribution in [1.82, 2.24) is 4.90 Å². The highest BCUT2D eigenvalue weighted by atomic mass is 31.2. The molecule has 0 saturated carbocycles. The Bertz CT molecular complexity index is 939. The van der Waals surface area contributed by atoms with Crippen molar-refractivity contribution in [3.8, 4) is 0 Å². The minimum atomic E-state index is -3.76. The predicted molar refractivity (Wildman–Crippen MR) is 113 cm³/mol. The largest absolute Gasteiger partial charge is 0.512 e. The van der Waals surface area contributed by atoms with Crippen molar-refractivity contribution in [2.75, 3.05) is 14.2 Å². The summed E-state index contributed by atoms with van der Waals surface area (Å²) in [7, 11) is -1.26. The smallest absolute Gasteiger partial charge is 0.411 e. The molecule has 0 unspecified atom stereocenters. The Hall–Kier alpha value is -2.60. The molecule has 0 aliphatic carbocycles. The van der Waals surface area contributed by atoms with Gasteiger partial charge >= 0.3 is 13.7 Å². The fraction of sp³-hybridized carbons (Fsp3) is 0.318. The number of carbonyl (C=O) groups is 1. The Morgan fingerprint density at radius 1 is 1.07 bits per heavy atom. The summed E-state index contributed by atoms with van der Waals surface area (Å²) in [6.45, 7) is 1.77. The molecule has 2 atom stereocenters. The number of hydrogen-bond acceptors (Lipinski definition) is 6. The number of aliphatic hydroxyl groups is 1. The molecule has 0 bridgehead atoms. The summed E-state index contributed by atoms with van der Waals surface area (Å²) in [5, 5.41) is 10.8. The third-order valence-electron chi connectivity index (χ3n) is 5.21. The van der Waals surface area contributed by atoms with Crippen molar-refractivity contribution in [3.05, 3.63) is 82.9 Å². The maximum absolute atomic E-state index is 13.1. The quantitative estimate of drug-likeness (QED) is 0.615. The van der Waals surface area contributed by atoms with Crippen LogP contribution < -0.4 is 0 Å². The van der Waals surface area contributed by atoms with E-state index >= 15 is 0 Å². The molecule has 1 aliphatic heterocycles. The zero-order valence-electron chi connectivity index (χ0n) is 17.2. The maximum atomic E-state index is 13.1. The van der Waals surface area contributed by atoms with Gasteiger partial charge in [-0.05, 0) is 18.1 Å². The Morgan fingerprint density at radius 2 is 1.63 bits per heavy atom. The van der Waals surface area contributed by atoms with E-state index in [2.05, 4.69) is 0 Å². The molecule has 1 N–H and O–H groups in total.